The molecule has 0 saturated carbocycles. The van der Waals surface area contributed by atoms with Crippen LogP contribution in [0.5, 0.6) is 0 Å². The molecule has 2 nitrogen and oxygen atoms in total. The first-order valence-electron chi connectivity index (χ1n) is 14.5. The molecule has 0 fully saturated rings. The Balaban J connectivity index is 1.60. The maximum atomic E-state index is 13.3. The fraction of sp³-hybridized carbons (Fsp3) is 0.150. The average Bonchev–Trinajstić information content (AvgIpc) is 3.07. The van der Waals surface area contributed by atoms with Gasteiger partial charge in [-0.15, -0.1) is 0 Å². The lowest BCUT2D eigenvalue weighted by atomic mass is 9.62. The number of allylic oxidation sites excluding steroid dienone is 2. The van der Waals surface area contributed by atoms with Gasteiger partial charge in [0.15, 0.2) is 11.2 Å². The van der Waals surface area contributed by atoms with Gasteiger partial charge in [0.25, 0.3) is 0 Å². The van der Waals surface area contributed by atoms with Gasteiger partial charge < -0.3 is 10.2 Å². The summed E-state index contributed by atoms with van der Waals surface area (Å²) in [5.41, 5.74) is 2.94. The van der Waals surface area contributed by atoms with Gasteiger partial charge in [0, 0.05) is 5.41 Å². The number of benzene rings is 5. The van der Waals surface area contributed by atoms with Crippen LogP contribution < -0.4 is 0 Å². The van der Waals surface area contributed by atoms with Crippen molar-refractivity contribution in [3.05, 3.63) is 202 Å². The molecule has 208 valence electrons. The number of aryl methyl sites for hydroxylation is 1. The van der Waals surface area contributed by atoms with Crippen LogP contribution >= 0.6 is 0 Å². The minimum atomic E-state index is -1.80. The van der Waals surface area contributed by atoms with Crippen LogP contribution in [0.1, 0.15) is 45.4 Å². The van der Waals surface area contributed by atoms with Crippen molar-refractivity contribution in [3.63, 3.8) is 0 Å². The molecule has 6 rings (SSSR count). The van der Waals surface area contributed by atoms with Crippen LogP contribution in [-0.4, -0.2) is 10.2 Å². The van der Waals surface area contributed by atoms with Crippen molar-refractivity contribution in [3.8, 4) is 0 Å². The molecule has 0 saturated heterocycles. The van der Waals surface area contributed by atoms with Crippen LogP contribution in [-0.2, 0) is 16.6 Å². The summed E-state index contributed by atoms with van der Waals surface area (Å²) in [6.07, 6.45) is 6.97. The van der Waals surface area contributed by atoms with Gasteiger partial charge >= 0.3 is 0 Å². The molecule has 5 aromatic rings. The van der Waals surface area contributed by atoms with Gasteiger partial charge in [-0.3, -0.25) is 0 Å². The molecule has 0 amide bonds. The molecule has 42 heavy (non-hydrogen) atoms. The van der Waals surface area contributed by atoms with Crippen molar-refractivity contribution >= 4 is 0 Å². The summed E-state index contributed by atoms with van der Waals surface area (Å²) in [6, 6.07) is 46.1. The van der Waals surface area contributed by atoms with Gasteiger partial charge in [0.2, 0.25) is 0 Å². The predicted molar refractivity (Wildman–Crippen MR) is 171 cm³/mol. The topological polar surface area (TPSA) is 40.5 Å². The maximum absolute atomic E-state index is 13.3. The zero-order valence-electron chi connectivity index (χ0n) is 24.1. The first-order valence-corrected chi connectivity index (χ1v) is 14.5. The second kappa shape index (κ2) is 11.1. The summed E-state index contributed by atoms with van der Waals surface area (Å²) < 4.78 is 0. The molecule has 0 spiro atoms. The van der Waals surface area contributed by atoms with E-state index in [1.54, 1.807) is 0 Å². The Labute approximate surface area is 249 Å². The smallest absolute Gasteiger partial charge is 0.152 e. The average molecular weight is 549 g/mol. The Morgan fingerprint density at radius 3 is 1.50 bits per heavy atom. The molecule has 2 atom stereocenters. The predicted octanol–water partition coefficient (Wildman–Crippen LogP) is 8.30. The minimum Gasteiger partial charge on any atom is -0.377 e. The molecule has 2 heteroatoms. The molecule has 0 aliphatic heterocycles. The Morgan fingerprint density at radius 1 is 0.548 bits per heavy atom. The van der Waals surface area contributed by atoms with Crippen LogP contribution in [0.3, 0.4) is 0 Å². The maximum Gasteiger partial charge on any atom is 0.152 e. The van der Waals surface area contributed by atoms with E-state index in [4.69, 9.17) is 0 Å². The van der Waals surface area contributed by atoms with Crippen LogP contribution in [0, 0.1) is 13.8 Å². The van der Waals surface area contributed by atoms with E-state index < -0.39 is 16.6 Å². The van der Waals surface area contributed by atoms with E-state index in [1.165, 1.54) is 11.1 Å². The third-order valence-corrected chi connectivity index (χ3v) is 9.09. The van der Waals surface area contributed by atoms with Gasteiger partial charge in [0.1, 0.15) is 0 Å². The fourth-order valence-corrected chi connectivity index (χ4v) is 6.62. The summed E-state index contributed by atoms with van der Waals surface area (Å²) in [5, 5.41) is 26.5. The van der Waals surface area contributed by atoms with Crippen LogP contribution in [0.4, 0.5) is 0 Å². The quantitative estimate of drug-likeness (QED) is 0.215. The number of hydrogen-bond donors (Lipinski definition) is 2. The van der Waals surface area contributed by atoms with E-state index in [9.17, 15) is 10.2 Å². The Kier molecular flexibility index (Phi) is 7.28. The molecule has 0 aromatic heterocycles. The van der Waals surface area contributed by atoms with E-state index >= 15 is 0 Å². The van der Waals surface area contributed by atoms with Crippen molar-refractivity contribution in [2.75, 3.05) is 0 Å². The molecular formula is C40H36O2. The highest BCUT2D eigenvalue weighted by Crippen LogP contribution is 2.53. The Morgan fingerprint density at radius 2 is 1.02 bits per heavy atom. The summed E-state index contributed by atoms with van der Waals surface area (Å²) in [7, 11) is 0. The number of hydrogen-bond acceptors (Lipinski definition) is 2. The zero-order chi connectivity index (χ0) is 29.2. The molecule has 5 aromatic carbocycles. The van der Waals surface area contributed by atoms with Gasteiger partial charge in [-0.2, -0.15) is 0 Å². The van der Waals surface area contributed by atoms with E-state index in [2.05, 4.69) is 60.7 Å². The van der Waals surface area contributed by atoms with Crippen molar-refractivity contribution in [2.45, 2.75) is 36.9 Å². The van der Waals surface area contributed by atoms with Crippen molar-refractivity contribution in [1.82, 2.24) is 0 Å². The van der Waals surface area contributed by atoms with E-state index in [0.29, 0.717) is 28.7 Å². The third-order valence-electron chi connectivity index (χ3n) is 9.09. The molecular weight excluding hydrogens is 512 g/mol. The second-order valence-electron chi connectivity index (χ2n) is 11.3. The Hall–Kier alpha value is -4.50. The molecule has 2 N–H and O–H groups in total. The lowest BCUT2D eigenvalue weighted by Gasteiger charge is -2.48. The van der Waals surface area contributed by atoms with Gasteiger partial charge in [-0.05, 0) is 64.8 Å². The summed E-state index contributed by atoms with van der Waals surface area (Å²) >= 11 is 0. The van der Waals surface area contributed by atoms with Crippen molar-refractivity contribution in [2.24, 2.45) is 0 Å². The Bertz CT molecular complexity index is 1680. The van der Waals surface area contributed by atoms with Gasteiger partial charge in [-0.25, -0.2) is 0 Å². The third kappa shape index (κ3) is 4.36. The van der Waals surface area contributed by atoms with Gasteiger partial charge in [0.05, 0.1) is 0 Å². The highest BCUT2D eigenvalue weighted by atomic mass is 16.4. The van der Waals surface area contributed by atoms with E-state index in [-0.39, 0.29) is 0 Å². The molecule has 0 radical (unpaired) electrons. The first-order chi connectivity index (χ1) is 20.4. The normalized spacial score (nSPS) is 17.1. The lowest BCUT2D eigenvalue weighted by molar-refractivity contribution is -0.114. The minimum absolute atomic E-state index is 0.409. The SMILES string of the molecule is Cc1cccc(C(O)(c2ccccc2)C(O)(C2=CCC(c3ccccc3)(c3ccccc3)C=C2)c2ccccc2)c1C. The number of aliphatic hydroxyl groups is 2. The molecule has 2 unspecified atom stereocenters. The zero-order valence-corrected chi connectivity index (χ0v) is 24.1. The van der Waals surface area contributed by atoms with E-state index in [0.717, 1.165) is 11.1 Å². The van der Waals surface area contributed by atoms with Crippen LogP contribution in [0.15, 0.2) is 163 Å². The lowest BCUT2D eigenvalue weighted by Crippen LogP contribution is -2.52. The molecule has 1 aliphatic carbocycles. The molecule has 1 aliphatic rings. The molecule has 0 bridgehead atoms. The monoisotopic (exact) mass is 548 g/mol. The summed E-state index contributed by atoms with van der Waals surface area (Å²) in [4.78, 5) is 0. The summed E-state index contributed by atoms with van der Waals surface area (Å²) in [6.45, 7) is 4.06. The largest absolute Gasteiger partial charge is 0.377 e. The first kappa shape index (κ1) is 27.7. The van der Waals surface area contributed by atoms with Crippen molar-refractivity contribution in [1.29, 1.82) is 0 Å². The number of rotatable bonds is 7. The van der Waals surface area contributed by atoms with Crippen molar-refractivity contribution < 1.29 is 10.2 Å². The highest BCUT2D eigenvalue weighted by Gasteiger charge is 2.56. The standard InChI is InChI=1S/C40H36O2/c1-30-16-15-25-37(31(30)2)40(42,35-23-13-6-14-24-35)39(41,34-21-11-5-12-22-34)36-26-28-38(29-27-36,32-17-7-3-8-18-32)33-19-9-4-10-20-33/h3-28,41-42H,29H2,1-2H3. The van der Waals surface area contributed by atoms with Gasteiger partial charge in [-0.1, -0.05) is 158 Å². The second-order valence-corrected chi connectivity index (χ2v) is 11.3. The highest BCUT2D eigenvalue weighted by molar-refractivity contribution is 5.57. The van der Waals surface area contributed by atoms with Crippen LogP contribution in [0.25, 0.3) is 0 Å². The summed E-state index contributed by atoms with van der Waals surface area (Å²) in [5.74, 6) is 0. The fourth-order valence-electron chi connectivity index (χ4n) is 6.62. The molecule has 0 heterocycles. The van der Waals surface area contributed by atoms with Crippen LogP contribution in [0.2, 0.25) is 0 Å². The van der Waals surface area contributed by atoms with E-state index in [1.807, 2.05) is 111 Å².